The molecule has 1 heterocycles. The number of hydroxylamine groups is 2. The average Bonchev–Trinajstić information content (AvgIpc) is 2.39. The number of aromatic nitrogens is 1. The van der Waals surface area contributed by atoms with E-state index in [1.54, 1.807) is 17.2 Å². The molecular weight excluding hydrogens is 287 g/mol. The van der Waals surface area contributed by atoms with Crippen LogP contribution in [0, 0.1) is 0 Å². The number of benzene rings is 1. The molecule has 0 saturated heterocycles. The van der Waals surface area contributed by atoms with E-state index in [1.165, 1.54) is 6.07 Å². The number of aromatic amines is 1. The van der Waals surface area contributed by atoms with Gasteiger partial charge < -0.3 is 9.82 Å². The lowest BCUT2D eigenvalue weighted by atomic mass is 10.2. The Morgan fingerprint density at radius 1 is 1.11 bits per heavy atom. The van der Waals surface area contributed by atoms with Gasteiger partial charge in [0.25, 0.3) is 0 Å². The summed E-state index contributed by atoms with van der Waals surface area (Å²) < 4.78 is 0. The van der Waals surface area contributed by atoms with Crippen molar-refractivity contribution in [3.8, 4) is 5.75 Å². The van der Waals surface area contributed by atoms with Crippen LogP contribution in [0.5, 0.6) is 5.75 Å². The molecule has 4 nitrogen and oxygen atoms in total. The minimum atomic E-state index is -0.136. The summed E-state index contributed by atoms with van der Waals surface area (Å²) in [6.45, 7) is 1.16. The predicted molar refractivity (Wildman–Crippen MR) is 78.2 cm³/mol. The Hall–Kier alpha value is -1.23. The molecule has 0 amide bonds. The van der Waals surface area contributed by atoms with Crippen LogP contribution in [-0.2, 0) is 0 Å². The van der Waals surface area contributed by atoms with Gasteiger partial charge in [-0.25, -0.2) is 0 Å². The molecule has 0 saturated carbocycles. The van der Waals surface area contributed by atoms with Crippen molar-refractivity contribution in [2.24, 2.45) is 0 Å². The molecule has 0 unspecified atom stereocenters. The highest BCUT2D eigenvalue weighted by molar-refractivity contribution is 6.18. The average molecular weight is 301 g/mol. The van der Waals surface area contributed by atoms with Crippen LogP contribution in [0.25, 0.3) is 10.9 Å². The molecule has 1 N–H and O–H groups in total. The highest BCUT2D eigenvalue weighted by atomic mass is 35.5. The zero-order chi connectivity index (χ0) is 13.7. The SMILES string of the molecule is O=c1ccc2ccc(ON(CCCl)CCCl)cc2[nH]1. The van der Waals surface area contributed by atoms with Gasteiger partial charge in [0, 0.05) is 37.0 Å². The summed E-state index contributed by atoms with van der Waals surface area (Å²) in [5.41, 5.74) is 0.602. The number of H-pyrrole nitrogens is 1. The molecule has 0 spiro atoms. The van der Waals surface area contributed by atoms with Crippen molar-refractivity contribution < 1.29 is 4.84 Å². The van der Waals surface area contributed by atoms with E-state index in [4.69, 9.17) is 28.0 Å². The molecule has 19 heavy (non-hydrogen) atoms. The number of nitrogens with one attached hydrogen (secondary N) is 1. The second kappa shape index (κ2) is 6.80. The lowest BCUT2D eigenvalue weighted by molar-refractivity contribution is -0.0469. The Kier molecular flexibility index (Phi) is 5.07. The van der Waals surface area contributed by atoms with Crippen molar-refractivity contribution in [2.75, 3.05) is 24.8 Å². The van der Waals surface area contributed by atoms with Crippen molar-refractivity contribution in [3.05, 3.63) is 40.7 Å². The monoisotopic (exact) mass is 300 g/mol. The van der Waals surface area contributed by atoms with Gasteiger partial charge in [-0.1, -0.05) is 0 Å². The maximum Gasteiger partial charge on any atom is 0.248 e. The minimum Gasteiger partial charge on any atom is -0.406 e. The van der Waals surface area contributed by atoms with Crippen LogP contribution in [0.15, 0.2) is 35.1 Å². The highest BCUT2D eigenvalue weighted by Crippen LogP contribution is 2.18. The van der Waals surface area contributed by atoms with E-state index >= 15 is 0 Å². The van der Waals surface area contributed by atoms with Gasteiger partial charge in [0.15, 0.2) is 0 Å². The summed E-state index contributed by atoms with van der Waals surface area (Å²) >= 11 is 11.4. The first-order chi connectivity index (χ1) is 9.22. The third-order valence-electron chi connectivity index (χ3n) is 2.60. The molecule has 102 valence electrons. The van der Waals surface area contributed by atoms with Crippen molar-refractivity contribution in [3.63, 3.8) is 0 Å². The second-order valence-electron chi connectivity index (χ2n) is 3.97. The molecule has 0 aliphatic carbocycles. The number of rotatable bonds is 6. The van der Waals surface area contributed by atoms with E-state index in [0.717, 1.165) is 10.9 Å². The van der Waals surface area contributed by atoms with Gasteiger partial charge in [0.2, 0.25) is 5.56 Å². The lowest BCUT2D eigenvalue weighted by Crippen LogP contribution is -2.31. The summed E-state index contributed by atoms with van der Waals surface area (Å²) in [5.74, 6) is 1.56. The zero-order valence-corrected chi connectivity index (χ0v) is 11.7. The fourth-order valence-corrected chi connectivity index (χ4v) is 2.10. The third-order valence-corrected chi connectivity index (χ3v) is 2.94. The van der Waals surface area contributed by atoms with E-state index < -0.39 is 0 Å². The molecule has 1 aromatic carbocycles. The fraction of sp³-hybridized carbons (Fsp3) is 0.308. The molecule has 6 heteroatoms. The first kappa shape index (κ1) is 14.2. The predicted octanol–water partition coefficient (Wildman–Crippen LogP) is 2.60. The van der Waals surface area contributed by atoms with Gasteiger partial charge in [-0.15, -0.1) is 28.3 Å². The normalized spacial score (nSPS) is 11.1. The number of fused-ring (bicyclic) bond motifs is 1. The molecule has 2 aromatic rings. The number of hydrogen-bond donors (Lipinski definition) is 1. The van der Waals surface area contributed by atoms with Gasteiger partial charge in [0.05, 0.1) is 5.52 Å². The van der Waals surface area contributed by atoms with E-state index in [2.05, 4.69) is 4.98 Å². The Morgan fingerprint density at radius 2 is 1.79 bits per heavy atom. The van der Waals surface area contributed by atoms with E-state index in [1.807, 2.05) is 12.1 Å². The van der Waals surface area contributed by atoms with Crippen LogP contribution in [-0.4, -0.2) is 34.9 Å². The van der Waals surface area contributed by atoms with Crippen LogP contribution in [0.3, 0.4) is 0 Å². The molecule has 0 bridgehead atoms. The summed E-state index contributed by atoms with van der Waals surface area (Å²) in [4.78, 5) is 19.7. The molecule has 0 aliphatic rings. The van der Waals surface area contributed by atoms with Crippen molar-refractivity contribution in [1.82, 2.24) is 10.0 Å². The van der Waals surface area contributed by atoms with Crippen LogP contribution >= 0.6 is 23.2 Å². The standard InChI is InChI=1S/C13H14Cl2N2O2/c14-5-7-17(8-6-15)19-11-3-1-10-2-4-13(18)16-12(10)9-11/h1-4,9H,5-8H2,(H,16,18). The van der Waals surface area contributed by atoms with Gasteiger partial charge >= 0.3 is 0 Å². The van der Waals surface area contributed by atoms with Crippen LogP contribution in [0.4, 0.5) is 0 Å². The Labute approximate surface area is 120 Å². The topological polar surface area (TPSA) is 45.3 Å². The Morgan fingerprint density at radius 3 is 2.47 bits per heavy atom. The molecule has 0 aliphatic heterocycles. The minimum absolute atomic E-state index is 0.136. The maximum absolute atomic E-state index is 11.3. The van der Waals surface area contributed by atoms with E-state index in [9.17, 15) is 4.79 Å². The van der Waals surface area contributed by atoms with Crippen molar-refractivity contribution in [1.29, 1.82) is 0 Å². The number of alkyl halides is 2. The van der Waals surface area contributed by atoms with Gasteiger partial charge in [-0.2, -0.15) is 0 Å². The first-order valence-electron chi connectivity index (χ1n) is 5.91. The molecular formula is C13H14Cl2N2O2. The number of pyridine rings is 1. The molecule has 0 radical (unpaired) electrons. The molecule has 0 fully saturated rings. The summed E-state index contributed by atoms with van der Waals surface area (Å²) in [6, 6.07) is 8.78. The Balaban J connectivity index is 2.22. The second-order valence-corrected chi connectivity index (χ2v) is 4.73. The number of halogens is 2. The summed E-state index contributed by atoms with van der Waals surface area (Å²) in [7, 11) is 0. The molecule has 0 atom stereocenters. The highest BCUT2D eigenvalue weighted by Gasteiger charge is 2.06. The van der Waals surface area contributed by atoms with Gasteiger partial charge in [0.1, 0.15) is 5.75 Å². The number of hydrogen-bond acceptors (Lipinski definition) is 3. The fourth-order valence-electron chi connectivity index (χ4n) is 1.73. The third kappa shape index (κ3) is 3.86. The zero-order valence-electron chi connectivity index (χ0n) is 10.2. The molecule has 2 rings (SSSR count). The van der Waals surface area contributed by atoms with Crippen LogP contribution in [0.2, 0.25) is 0 Å². The van der Waals surface area contributed by atoms with Crippen molar-refractivity contribution in [2.45, 2.75) is 0 Å². The van der Waals surface area contributed by atoms with Gasteiger partial charge in [-0.3, -0.25) is 4.79 Å². The first-order valence-corrected chi connectivity index (χ1v) is 6.98. The quantitative estimate of drug-likeness (QED) is 0.659. The number of nitrogens with zero attached hydrogens (tertiary/aromatic N) is 1. The van der Waals surface area contributed by atoms with Crippen LogP contribution in [0.1, 0.15) is 0 Å². The molecule has 1 aromatic heterocycles. The maximum atomic E-state index is 11.3. The van der Waals surface area contributed by atoms with E-state index in [-0.39, 0.29) is 5.56 Å². The Bertz CT molecular complexity index is 594. The largest absolute Gasteiger partial charge is 0.406 e. The van der Waals surface area contributed by atoms with Crippen LogP contribution < -0.4 is 10.4 Å². The van der Waals surface area contributed by atoms with Crippen molar-refractivity contribution >= 4 is 34.1 Å². The summed E-state index contributed by atoms with van der Waals surface area (Å²) in [6.07, 6.45) is 0. The summed E-state index contributed by atoms with van der Waals surface area (Å²) in [5, 5.41) is 2.65. The smallest absolute Gasteiger partial charge is 0.248 e. The van der Waals surface area contributed by atoms with E-state index in [0.29, 0.717) is 30.6 Å². The van der Waals surface area contributed by atoms with Gasteiger partial charge in [-0.05, 0) is 23.6 Å². The lowest BCUT2D eigenvalue weighted by Gasteiger charge is -2.20.